The topological polar surface area (TPSA) is 91.9 Å². The Bertz CT molecular complexity index is 1300. The summed E-state index contributed by atoms with van der Waals surface area (Å²) in [4.78, 5) is 4.34. The molecule has 0 saturated heterocycles. The molecule has 0 aliphatic rings. The third-order valence-electron chi connectivity index (χ3n) is 4.75. The molecule has 160 valence electrons. The van der Waals surface area contributed by atoms with Gasteiger partial charge in [-0.05, 0) is 43.3 Å². The highest BCUT2D eigenvalue weighted by atomic mass is 32.2. The first-order chi connectivity index (χ1) is 14.9. The average Bonchev–Trinajstić information content (AvgIpc) is 3.36. The van der Waals surface area contributed by atoms with Gasteiger partial charge in [0.1, 0.15) is 23.9 Å². The number of hydrogen-bond donors (Lipinski definition) is 0. The zero-order chi connectivity index (χ0) is 22.0. The van der Waals surface area contributed by atoms with Gasteiger partial charge in [0.25, 0.3) is 0 Å². The van der Waals surface area contributed by atoms with E-state index in [9.17, 15) is 12.8 Å². The molecule has 4 rings (SSSR count). The zero-order valence-electron chi connectivity index (χ0n) is 16.9. The molecule has 8 nitrogen and oxygen atoms in total. The molecule has 0 fully saturated rings. The molecule has 0 aliphatic carbocycles. The van der Waals surface area contributed by atoms with Crippen LogP contribution in [0.5, 0.6) is 0 Å². The number of imidazole rings is 1. The van der Waals surface area contributed by atoms with Crippen molar-refractivity contribution in [2.45, 2.75) is 23.7 Å². The Morgan fingerprint density at radius 3 is 2.45 bits per heavy atom. The maximum atomic E-state index is 13.4. The molecule has 0 unspecified atom stereocenters. The highest BCUT2D eigenvalue weighted by Gasteiger charge is 2.27. The summed E-state index contributed by atoms with van der Waals surface area (Å²) in [5, 5.41) is 8.28. The maximum absolute atomic E-state index is 13.4. The number of aromatic nitrogens is 5. The quantitative estimate of drug-likeness (QED) is 0.437. The molecule has 0 N–H and O–H groups in total. The van der Waals surface area contributed by atoms with Gasteiger partial charge in [0.2, 0.25) is 15.0 Å². The van der Waals surface area contributed by atoms with E-state index in [0.717, 1.165) is 0 Å². The second-order valence-corrected chi connectivity index (χ2v) is 8.56. The zero-order valence-corrected chi connectivity index (χ0v) is 17.8. The lowest BCUT2D eigenvalue weighted by Gasteiger charge is -2.10. The Labute approximate surface area is 178 Å². The molecule has 0 bridgehead atoms. The van der Waals surface area contributed by atoms with Gasteiger partial charge >= 0.3 is 0 Å². The van der Waals surface area contributed by atoms with E-state index in [2.05, 4.69) is 15.3 Å². The van der Waals surface area contributed by atoms with Crippen LogP contribution in [-0.4, -0.2) is 39.6 Å². The first-order valence-corrected chi connectivity index (χ1v) is 11.0. The number of sulfone groups is 1. The number of benzene rings is 2. The van der Waals surface area contributed by atoms with Crippen molar-refractivity contribution in [3.63, 3.8) is 0 Å². The Balaban J connectivity index is 1.86. The molecule has 31 heavy (non-hydrogen) atoms. The van der Waals surface area contributed by atoms with Gasteiger partial charge in [0.15, 0.2) is 0 Å². The van der Waals surface area contributed by atoms with E-state index in [4.69, 9.17) is 4.74 Å². The van der Waals surface area contributed by atoms with Crippen molar-refractivity contribution in [2.75, 3.05) is 6.61 Å². The molecule has 0 aliphatic heterocycles. The number of hydrogen-bond acceptors (Lipinski definition) is 6. The van der Waals surface area contributed by atoms with Crippen molar-refractivity contribution in [3.05, 3.63) is 66.6 Å². The first-order valence-electron chi connectivity index (χ1n) is 9.53. The molecule has 0 saturated carbocycles. The van der Waals surface area contributed by atoms with Crippen molar-refractivity contribution < 1.29 is 17.5 Å². The summed E-state index contributed by atoms with van der Waals surface area (Å²) in [7, 11) is -2.22. The summed E-state index contributed by atoms with van der Waals surface area (Å²) in [5.74, 6) is -0.371. The van der Waals surface area contributed by atoms with Crippen LogP contribution < -0.4 is 0 Å². The number of ether oxygens (including phenoxy) is 1. The third-order valence-corrected chi connectivity index (χ3v) is 6.51. The van der Waals surface area contributed by atoms with Crippen molar-refractivity contribution in [2.24, 2.45) is 7.05 Å². The van der Waals surface area contributed by atoms with Gasteiger partial charge < -0.3 is 9.30 Å². The number of rotatable bonds is 7. The average molecular weight is 441 g/mol. The Kier molecular flexibility index (Phi) is 5.66. The molecular weight excluding hydrogens is 421 g/mol. The minimum atomic E-state index is -3.83. The summed E-state index contributed by atoms with van der Waals surface area (Å²) in [5.41, 5.74) is 2.10. The standard InChI is InChI=1S/C21H20FN5O3S/c1-3-30-14-27-20(19(24-25-27)15-9-11-16(22)12-10-15)18-13-23-21(26(18)2)31(28,29)17-7-5-4-6-8-17/h4-13H,3,14H2,1-2H3. The van der Waals surface area contributed by atoms with Crippen molar-refractivity contribution in [1.29, 1.82) is 0 Å². The summed E-state index contributed by atoms with van der Waals surface area (Å²) in [6.45, 7) is 2.43. The summed E-state index contributed by atoms with van der Waals surface area (Å²) < 4.78 is 48.1. The minimum Gasteiger partial charge on any atom is -0.359 e. The van der Waals surface area contributed by atoms with Crippen molar-refractivity contribution >= 4 is 9.84 Å². The van der Waals surface area contributed by atoms with Gasteiger partial charge in [0.05, 0.1) is 16.8 Å². The third kappa shape index (κ3) is 3.87. The molecule has 10 heteroatoms. The maximum Gasteiger partial charge on any atom is 0.240 e. The highest BCUT2D eigenvalue weighted by Crippen LogP contribution is 2.32. The molecule has 0 amide bonds. The van der Waals surface area contributed by atoms with E-state index in [0.29, 0.717) is 29.3 Å². The SMILES string of the molecule is CCOCn1nnc(-c2ccc(F)cc2)c1-c1cnc(S(=O)(=O)c2ccccc2)n1C. The molecule has 2 aromatic carbocycles. The Morgan fingerprint density at radius 2 is 1.77 bits per heavy atom. The number of halogens is 1. The van der Waals surface area contributed by atoms with Crippen LogP contribution in [-0.2, 0) is 28.4 Å². The van der Waals surface area contributed by atoms with Gasteiger partial charge in [-0.1, -0.05) is 23.4 Å². The minimum absolute atomic E-state index is 0.108. The van der Waals surface area contributed by atoms with Gasteiger partial charge in [-0.3, -0.25) is 0 Å². The van der Waals surface area contributed by atoms with Crippen LogP contribution in [0.2, 0.25) is 0 Å². The second-order valence-electron chi connectivity index (χ2n) is 6.72. The number of nitrogens with zero attached hydrogens (tertiary/aromatic N) is 5. The molecule has 2 aromatic heterocycles. The van der Waals surface area contributed by atoms with Crippen LogP contribution in [0, 0.1) is 5.82 Å². The lowest BCUT2D eigenvalue weighted by atomic mass is 10.1. The Morgan fingerprint density at radius 1 is 1.06 bits per heavy atom. The predicted molar refractivity (Wildman–Crippen MR) is 111 cm³/mol. The molecular formula is C21H20FN5O3S. The van der Waals surface area contributed by atoms with Crippen LogP contribution in [0.25, 0.3) is 22.6 Å². The van der Waals surface area contributed by atoms with Gasteiger partial charge in [-0.25, -0.2) is 22.5 Å². The van der Waals surface area contributed by atoms with E-state index in [1.165, 1.54) is 39.7 Å². The van der Waals surface area contributed by atoms with E-state index in [1.54, 1.807) is 37.4 Å². The van der Waals surface area contributed by atoms with Crippen LogP contribution in [0.1, 0.15) is 6.92 Å². The van der Waals surface area contributed by atoms with E-state index in [1.807, 2.05) is 6.92 Å². The molecule has 2 heterocycles. The smallest absolute Gasteiger partial charge is 0.240 e. The Hall–Kier alpha value is -3.37. The fourth-order valence-corrected chi connectivity index (χ4v) is 4.58. The highest BCUT2D eigenvalue weighted by molar-refractivity contribution is 7.91. The molecule has 0 radical (unpaired) electrons. The summed E-state index contributed by atoms with van der Waals surface area (Å²) in [6.07, 6.45) is 1.46. The van der Waals surface area contributed by atoms with Crippen molar-refractivity contribution in [3.8, 4) is 22.6 Å². The normalized spacial score (nSPS) is 11.7. The first kappa shape index (κ1) is 20.9. The lowest BCUT2D eigenvalue weighted by Crippen LogP contribution is -2.11. The summed E-state index contributed by atoms with van der Waals surface area (Å²) >= 11 is 0. The summed E-state index contributed by atoms with van der Waals surface area (Å²) in [6, 6.07) is 13.9. The van der Waals surface area contributed by atoms with Gasteiger partial charge in [-0.15, -0.1) is 5.10 Å². The van der Waals surface area contributed by atoms with E-state index >= 15 is 0 Å². The molecule has 0 spiro atoms. The van der Waals surface area contributed by atoms with Crippen LogP contribution in [0.4, 0.5) is 4.39 Å². The largest absolute Gasteiger partial charge is 0.359 e. The predicted octanol–water partition coefficient (Wildman–Crippen LogP) is 3.31. The van der Waals surface area contributed by atoms with Crippen LogP contribution in [0.3, 0.4) is 0 Å². The van der Waals surface area contributed by atoms with Crippen molar-refractivity contribution in [1.82, 2.24) is 24.5 Å². The van der Waals surface area contributed by atoms with E-state index < -0.39 is 9.84 Å². The fourth-order valence-electron chi connectivity index (χ4n) is 3.20. The van der Waals surface area contributed by atoms with Gasteiger partial charge in [0, 0.05) is 19.2 Å². The second kappa shape index (κ2) is 8.40. The molecule has 4 aromatic rings. The van der Waals surface area contributed by atoms with Gasteiger partial charge in [-0.2, -0.15) is 0 Å². The lowest BCUT2D eigenvalue weighted by molar-refractivity contribution is 0.0789. The van der Waals surface area contributed by atoms with Crippen LogP contribution in [0.15, 0.2) is 70.8 Å². The monoisotopic (exact) mass is 441 g/mol. The van der Waals surface area contributed by atoms with Crippen LogP contribution >= 0.6 is 0 Å². The fraction of sp³-hybridized carbons (Fsp3) is 0.190. The molecule has 0 atom stereocenters. The van der Waals surface area contributed by atoms with E-state index in [-0.39, 0.29) is 22.6 Å².